The van der Waals surface area contributed by atoms with Crippen molar-refractivity contribution in [2.45, 2.75) is 58.5 Å². The standard InChI is InChI=1S/C15H24BNO2/c1-14(2,3)19-13(18)17-10-8-15(9-11-17)6-4-12(16)5-7-15/h4H,5-11H2,1-3H3. The predicted octanol–water partition coefficient (Wildman–Crippen LogP) is 3.24. The molecule has 1 spiro atoms. The van der Waals surface area contributed by atoms with Gasteiger partial charge in [0.25, 0.3) is 0 Å². The fourth-order valence-electron chi connectivity index (χ4n) is 2.91. The van der Waals surface area contributed by atoms with Crippen LogP contribution in [-0.4, -0.2) is 37.5 Å². The minimum atomic E-state index is -0.408. The first-order valence-electron chi connectivity index (χ1n) is 7.22. The van der Waals surface area contributed by atoms with Crippen molar-refractivity contribution in [3.63, 3.8) is 0 Å². The Hall–Kier alpha value is -0.925. The van der Waals surface area contributed by atoms with Crippen molar-refractivity contribution in [1.82, 2.24) is 4.90 Å². The molecule has 0 atom stereocenters. The number of piperidine rings is 1. The van der Waals surface area contributed by atoms with E-state index in [1.165, 1.54) is 0 Å². The second kappa shape index (κ2) is 5.22. The molecule has 1 saturated heterocycles. The Morgan fingerprint density at radius 3 is 2.42 bits per heavy atom. The maximum absolute atomic E-state index is 12.0. The zero-order valence-corrected chi connectivity index (χ0v) is 12.4. The Balaban J connectivity index is 1.87. The van der Waals surface area contributed by atoms with Gasteiger partial charge in [-0.1, -0.05) is 6.08 Å². The molecule has 1 amide bonds. The van der Waals surface area contributed by atoms with Gasteiger partial charge in [-0.3, -0.25) is 0 Å². The number of nitrogens with zero attached hydrogens (tertiary/aromatic N) is 1. The van der Waals surface area contributed by atoms with Gasteiger partial charge in [0, 0.05) is 13.1 Å². The third-order valence-corrected chi connectivity index (χ3v) is 4.22. The maximum Gasteiger partial charge on any atom is 0.410 e. The zero-order chi connectivity index (χ0) is 14.1. The normalized spacial score (nSPS) is 23.1. The smallest absolute Gasteiger partial charge is 0.410 e. The predicted molar refractivity (Wildman–Crippen MR) is 77.2 cm³/mol. The van der Waals surface area contributed by atoms with Crippen LogP contribution >= 0.6 is 0 Å². The second-order valence-corrected chi connectivity index (χ2v) is 6.95. The molecule has 1 fully saturated rings. The summed E-state index contributed by atoms with van der Waals surface area (Å²) in [5.41, 5.74) is 0.996. The summed E-state index contributed by atoms with van der Waals surface area (Å²) in [4.78, 5) is 13.9. The van der Waals surface area contributed by atoms with E-state index in [4.69, 9.17) is 12.6 Å². The first-order chi connectivity index (χ1) is 8.80. The number of carbonyl (C=O) groups is 1. The number of likely N-dealkylation sites (tertiary alicyclic amines) is 1. The molecule has 19 heavy (non-hydrogen) atoms. The first-order valence-corrected chi connectivity index (χ1v) is 7.22. The molecule has 1 aliphatic heterocycles. The number of hydrogen-bond donors (Lipinski definition) is 0. The molecule has 0 unspecified atom stereocenters. The average molecular weight is 261 g/mol. The maximum atomic E-state index is 12.0. The van der Waals surface area contributed by atoms with Crippen molar-refractivity contribution in [2.75, 3.05) is 13.1 Å². The van der Waals surface area contributed by atoms with Gasteiger partial charge in [-0.25, -0.2) is 4.79 Å². The van der Waals surface area contributed by atoms with Crippen molar-refractivity contribution >= 4 is 13.9 Å². The van der Waals surface area contributed by atoms with Crippen molar-refractivity contribution in [3.8, 4) is 0 Å². The van der Waals surface area contributed by atoms with E-state index in [9.17, 15) is 4.79 Å². The SMILES string of the molecule is [B]C1=CCC2(CC1)CCN(C(=O)OC(C)(C)C)CC2. The number of rotatable bonds is 0. The Morgan fingerprint density at radius 1 is 1.32 bits per heavy atom. The summed E-state index contributed by atoms with van der Waals surface area (Å²) in [6.45, 7) is 7.34. The molecule has 0 aromatic rings. The van der Waals surface area contributed by atoms with Crippen molar-refractivity contribution in [2.24, 2.45) is 5.41 Å². The number of allylic oxidation sites excluding steroid dienone is 2. The highest BCUT2D eigenvalue weighted by Crippen LogP contribution is 2.43. The Kier molecular flexibility index (Phi) is 3.98. The number of hydrogen-bond acceptors (Lipinski definition) is 2. The van der Waals surface area contributed by atoms with Crippen molar-refractivity contribution in [1.29, 1.82) is 0 Å². The summed E-state index contributed by atoms with van der Waals surface area (Å²) in [6.07, 6.45) is 7.37. The number of carbonyl (C=O) groups excluding carboxylic acids is 1. The van der Waals surface area contributed by atoms with Gasteiger partial charge in [0.15, 0.2) is 0 Å². The van der Waals surface area contributed by atoms with E-state index >= 15 is 0 Å². The van der Waals surface area contributed by atoms with Gasteiger partial charge in [-0.15, -0.1) is 5.47 Å². The molecule has 2 aliphatic rings. The molecule has 0 N–H and O–H groups in total. The van der Waals surface area contributed by atoms with E-state index in [0.29, 0.717) is 5.41 Å². The fourth-order valence-corrected chi connectivity index (χ4v) is 2.91. The highest BCUT2D eigenvalue weighted by atomic mass is 16.6. The van der Waals surface area contributed by atoms with Crippen molar-refractivity contribution in [3.05, 3.63) is 11.5 Å². The van der Waals surface area contributed by atoms with E-state index in [0.717, 1.165) is 50.7 Å². The zero-order valence-electron chi connectivity index (χ0n) is 12.4. The van der Waals surface area contributed by atoms with Crippen LogP contribution in [0.15, 0.2) is 11.5 Å². The number of amides is 1. The quantitative estimate of drug-likeness (QED) is 0.626. The second-order valence-electron chi connectivity index (χ2n) is 6.95. The first kappa shape index (κ1) is 14.5. The van der Waals surface area contributed by atoms with Crippen molar-refractivity contribution < 1.29 is 9.53 Å². The van der Waals surface area contributed by atoms with E-state index in [-0.39, 0.29) is 6.09 Å². The summed E-state index contributed by atoms with van der Waals surface area (Å²) in [5.74, 6) is 0. The summed E-state index contributed by atoms with van der Waals surface area (Å²) >= 11 is 0. The monoisotopic (exact) mass is 261 g/mol. The summed E-state index contributed by atoms with van der Waals surface area (Å²) < 4.78 is 5.43. The van der Waals surface area contributed by atoms with Crippen LogP contribution in [0.4, 0.5) is 4.79 Å². The van der Waals surface area contributed by atoms with Gasteiger partial charge in [-0.2, -0.15) is 0 Å². The number of ether oxygens (including phenoxy) is 1. The molecule has 4 heteroatoms. The highest BCUT2D eigenvalue weighted by molar-refractivity contribution is 6.21. The minimum Gasteiger partial charge on any atom is -0.444 e. The largest absolute Gasteiger partial charge is 0.444 e. The summed E-state index contributed by atoms with van der Waals surface area (Å²) in [5, 5.41) is 0. The molecular formula is C15H24BNO2. The lowest BCUT2D eigenvalue weighted by atomic mass is 9.66. The van der Waals surface area contributed by atoms with Gasteiger partial charge in [0.2, 0.25) is 0 Å². The van der Waals surface area contributed by atoms with Gasteiger partial charge < -0.3 is 9.64 Å². The molecule has 0 aromatic carbocycles. The Bertz CT molecular complexity index is 376. The highest BCUT2D eigenvalue weighted by Gasteiger charge is 2.37. The molecule has 0 saturated carbocycles. The molecule has 1 aliphatic carbocycles. The van der Waals surface area contributed by atoms with E-state index in [2.05, 4.69) is 6.08 Å². The lowest BCUT2D eigenvalue weighted by Gasteiger charge is -2.43. The van der Waals surface area contributed by atoms with Crippen LogP contribution < -0.4 is 0 Å². The van der Waals surface area contributed by atoms with Crippen LogP contribution in [0.2, 0.25) is 0 Å². The lowest BCUT2D eigenvalue weighted by Crippen LogP contribution is -2.45. The Morgan fingerprint density at radius 2 is 1.95 bits per heavy atom. The molecule has 0 aromatic heterocycles. The molecule has 104 valence electrons. The van der Waals surface area contributed by atoms with E-state index in [1.807, 2.05) is 25.7 Å². The van der Waals surface area contributed by atoms with Crippen LogP contribution in [0.25, 0.3) is 0 Å². The molecule has 0 bridgehead atoms. The topological polar surface area (TPSA) is 29.5 Å². The van der Waals surface area contributed by atoms with Gasteiger partial charge in [0.1, 0.15) is 13.4 Å². The van der Waals surface area contributed by atoms with Crippen LogP contribution in [0.5, 0.6) is 0 Å². The fraction of sp³-hybridized carbons (Fsp3) is 0.800. The molecule has 2 rings (SSSR count). The van der Waals surface area contributed by atoms with Crippen LogP contribution in [0.1, 0.15) is 52.9 Å². The summed E-state index contributed by atoms with van der Waals surface area (Å²) in [7, 11) is 5.85. The summed E-state index contributed by atoms with van der Waals surface area (Å²) in [6, 6.07) is 0. The Labute approximate surface area is 117 Å². The third kappa shape index (κ3) is 3.77. The lowest BCUT2D eigenvalue weighted by molar-refractivity contribution is 0.00875. The minimum absolute atomic E-state index is 0.173. The molecule has 3 nitrogen and oxygen atoms in total. The van der Waals surface area contributed by atoms with Gasteiger partial charge in [-0.05, 0) is 58.3 Å². The molecular weight excluding hydrogens is 237 g/mol. The van der Waals surface area contributed by atoms with E-state index in [1.54, 1.807) is 0 Å². The van der Waals surface area contributed by atoms with Crippen LogP contribution in [0, 0.1) is 5.41 Å². The third-order valence-electron chi connectivity index (χ3n) is 4.22. The van der Waals surface area contributed by atoms with Crippen LogP contribution in [0.3, 0.4) is 0 Å². The van der Waals surface area contributed by atoms with Gasteiger partial charge >= 0.3 is 6.09 Å². The van der Waals surface area contributed by atoms with E-state index < -0.39 is 5.60 Å². The molecule has 1 heterocycles. The molecule has 2 radical (unpaired) electrons. The van der Waals surface area contributed by atoms with Gasteiger partial charge in [0.05, 0.1) is 0 Å². The average Bonchev–Trinajstić information content (AvgIpc) is 2.32. The van der Waals surface area contributed by atoms with Crippen LogP contribution in [-0.2, 0) is 4.74 Å².